The molecule has 0 spiro atoms. The predicted molar refractivity (Wildman–Crippen MR) is 110 cm³/mol. The Kier molecular flexibility index (Phi) is 5.78. The van der Waals surface area contributed by atoms with Gasteiger partial charge in [0.2, 0.25) is 0 Å². The number of phenols is 1. The Balaban J connectivity index is 1.85. The summed E-state index contributed by atoms with van der Waals surface area (Å²) in [4.78, 5) is 0. The Morgan fingerprint density at radius 2 is 1.08 bits per heavy atom. The lowest BCUT2D eigenvalue weighted by atomic mass is 9.85. The highest BCUT2D eigenvalue weighted by molar-refractivity contribution is 5.47. The molecule has 0 radical (unpaired) electrons. The Labute approximate surface area is 157 Å². The van der Waals surface area contributed by atoms with Crippen LogP contribution in [0.25, 0.3) is 0 Å². The average molecular weight is 344 g/mol. The molecule has 0 fully saturated rings. The highest BCUT2D eigenvalue weighted by Gasteiger charge is 2.19. The van der Waals surface area contributed by atoms with E-state index in [1.54, 1.807) is 0 Å². The van der Waals surface area contributed by atoms with Crippen LogP contribution < -0.4 is 0 Å². The molecule has 3 rings (SSSR count). The molecule has 1 N–H and O–H groups in total. The van der Waals surface area contributed by atoms with Crippen molar-refractivity contribution in [1.29, 1.82) is 0 Å². The van der Waals surface area contributed by atoms with E-state index < -0.39 is 0 Å². The maximum atomic E-state index is 11.0. The second-order valence-electron chi connectivity index (χ2n) is 7.47. The molecule has 0 amide bonds. The summed E-state index contributed by atoms with van der Waals surface area (Å²) in [6.07, 6.45) is 1.87. The molecule has 2 unspecified atom stereocenters. The summed E-state index contributed by atoms with van der Waals surface area (Å²) in [7, 11) is 0. The van der Waals surface area contributed by atoms with Crippen LogP contribution in [0, 0.1) is 6.92 Å². The molecule has 0 aliphatic rings. The lowest BCUT2D eigenvalue weighted by Crippen LogP contribution is -2.05. The van der Waals surface area contributed by atoms with Gasteiger partial charge in [-0.3, -0.25) is 0 Å². The molecule has 1 heteroatoms. The lowest BCUT2D eigenvalue weighted by molar-refractivity contribution is 0.450. The molecule has 0 aliphatic carbocycles. The largest absolute Gasteiger partial charge is 0.507 e. The van der Waals surface area contributed by atoms with E-state index in [9.17, 15) is 5.11 Å². The molecule has 134 valence electrons. The fraction of sp³-hybridized carbons (Fsp3) is 0.280. The van der Waals surface area contributed by atoms with E-state index in [2.05, 4.69) is 81.4 Å². The summed E-state index contributed by atoms with van der Waals surface area (Å²) in [6, 6.07) is 25.3. The van der Waals surface area contributed by atoms with E-state index in [1.165, 1.54) is 16.7 Å². The van der Waals surface area contributed by atoms with E-state index in [1.807, 2.05) is 12.1 Å². The normalized spacial score (nSPS) is 13.3. The average Bonchev–Trinajstić information content (AvgIpc) is 2.65. The van der Waals surface area contributed by atoms with Gasteiger partial charge in [0.25, 0.3) is 0 Å². The van der Waals surface area contributed by atoms with Crippen LogP contribution in [0.15, 0.2) is 72.8 Å². The van der Waals surface area contributed by atoms with Crippen molar-refractivity contribution in [3.05, 3.63) is 101 Å². The second-order valence-corrected chi connectivity index (χ2v) is 7.47. The first-order valence-corrected chi connectivity index (χ1v) is 9.46. The topological polar surface area (TPSA) is 20.2 Å². The Bertz CT molecular complexity index is 768. The fourth-order valence-corrected chi connectivity index (χ4v) is 3.74. The standard InChI is InChI=1S/C25H28O/c1-18-14-23(19(2)16-21-10-6-4-7-11-21)25(26)24(15-18)20(3)17-22-12-8-5-9-13-22/h4-15,19-20,26H,16-17H2,1-3H3. The number of aryl methyl sites for hydroxylation is 1. The van der Waals surface area contributed by atoms with Gasteiger partial charge in [0.05, 0.1) is 0 Å². The van der Waals surface area contributed by atoms with Crippen LogP contribution in [-0.2, 0) is 12.8 Å². The number of benzene rings is 3. The molecular formula is C25H28O. The first-order chi connectivity index (χ1) is 12.5. The van der Waals surface area contributed by atoms with Crippen LogP contribution in [0.5, 0.6) is 5.75 Å². The van der Waals surface area contributed by atoms with Gasteiger partial charge in [-0.2, -0.15) is 0 Å². The Morgan fingerprint density at radius 3 is 1.46 bits per heavy atom. The molecule has 0 saturated carbocycles. The third-order valence-corrected chi connectivity index (χ3v) is 5.14. The summed E-state index contributed by atoms with van der Waals surface area (Å²) in [5.74, 6) is 1.03. The molecule has 3 aromatic carbocycles. The number of hydrogen-bond acceptors (Lipinski definition) is 1. The molecule has 0 aromatic heterocycles. The number of rotatable bonds is 6. The van der Waals surface area contributed by atoms with Gasteiger partial charge in [0.15, 0.2) is 0 Å². The van der Waals surface area contributed by atoms with Crippen molar-refractivity contribution < 1.29 is 5.11 Å². The monoisotopic (exact) mass is 344 g/mol. The van der Waals surface area contributed by atoms with Crippen LogP contribution in [0.4, 0.5) is 0 Å². The molecular weight excluding hydrogens is 316 g/mol. The molecule has 0 aliphatic heterocycles. The summed E-state index contributed by atoms with van der Waals surface area (Å²) in [5.41, 5.74) is 5.94. The zero-order valence-electron chi connectivity index (χ0n) is 15.9. The van der Waals surface area contributed by atoms with Crippen molar-refractivity contribution in [2.24, 2.45) is 0 Å². The minimum absolute atomic E-state index is 0.278. The minimum atomic E-state index is 0.278. The molecule has 0 saturated heterocycles. The van der Waals surface area contributed by atoms with Gasteiger partial charge in [0.1, 0.15) is 5.75 Å². The van der Waals surface area contributed by atoms with Crippen molar-refractivity contribution >= 4 is 0 Å². The van der Waals surface area contributed by atoms with Crippen LogP contribution in [0.3, 0.4) is 0 Å². The minimum Gasteiger partial charge on any atom is -0.507 e. The highest BCUT2D eigenvalue weighted by atomic mass is 16.3. The van der Waals surface area contributed by atoms with E-state index >= 15 is 0 Å². The van der Waals surface area contributed by atoms with Crippen molar-refractivity contribution in [2.75, 3.05) is 0 Å². The van der Waals surface area contributed by atoms with Gasteiger partial charge < -0.3 is 5.11 Å². The SMILES string of the molecule is Cc1cc(C(C)Cc2ccccc2)c(O)c(C(C)Cc2ccccc2)c1. The number of hydrogen-bond donors (Lipinski definition) is 1. The van der Waals surface area contributed by atoms with E-state index in [0.717, 1.165) is 24.0 Å². The zero-order chi connectivity index (χ0) is 18.5. The number of phenolic OH excluding ortho intramolecular Hbond substituents is 1. The van der Waals surface area contributed by atoms with Gasteiger partial charge >= 0.3 is 0 Å². The summed E-state index contributed by atoms with van der Waals surface area (Å²) in [5, 5.41) is 11.0. The highest BCUT2D eigenvalue weighted by Crippen LogP contribution is 2.37. The molecule has 1 nitrogen and oxygen atoms in total. The maximum absolute atomic E-state index is 11.0. The zero-order valence-corrected chi connectivity index (χ0v) is 15.9. The summed E-state index contributed by atoms with van der Waals surface area (Å²) in [6.45, 7) is 6.52. The van der Waals surface area contributed by atoms with Gasteiger partial charge in [-0.15, -0.1) is 0 Å². The molecule has 0 bridgehead atoms. The predicted octanol–water partition coefficient (Wildman–Crippen LogP) is 6.39. The van der Waals surface area contributed by atoms with Crippen LogP contribution in [0.1, 0.15) is 53.5 Å². The second kappa shape index (κ2) is 8.23. The third kappa shape index (κ3) is 4.35. The van der Waals surface area contributed by atoms with Crippen molar-refractivity contribution in [3.8, 4) is 5.75 Å². The van der Waals surface area contributed by atoms with Gasteiger partial charge in [-0.05, 0) is 53.9 Å². The lowest BCUT2D eigenvalue weighted by Gasteiger charge is -2.21. The first-order valence-electron chi connectivity index (χ1n) is 9.46. The Hall–Kier alpha value is -2.54. The van der Waals surface area contributed by atoms with Crippen molar-refractivity contribution in [1.82, 2.24) is 0 Å². The van der Waals surface area contributed by atoms with Crippen molar-refractivity contribution in [2.45, 2.75) is 45.4 Å². The third-order valence-electron chi connectivity index (χ3n) is 5.14. The molecule has 0 heterocycles. The van der Waals surface area contributed by atoms with Crippen LogP contribution >= 0.6 is 0 Å². The summed E-state index contributed by atoms with van der Waals surface area (Å²) >= 11 is 0. The quantitative estimate of drug-likeness (QED) is 0.549. The van der Waals surface area contributed by atoms with E-state index in [-0.39, 0.29) is 11.8 Å². The molecule has 3 aromatic rings. The molecule has 26 heavy (non-hydrogen) atoms. The van der Waals surface area contributed by atoms with Crippen LogP contribution in [0.2, 0.25) is 0 Å². The Morgan fingerprint density at radius 1 is 0.692 bits per heavy atom. The van der Waals surface area contributed by atoms with Crippen LogP contribution in [-0.4, -0.2) is 5.11 Å². The van der Waals surface area contributed by atoms with E-state index in [4.69, 9.17) is 0 Å². The van der Waals surface area contributed by atoms with E-state index in [0.29, 0.717) is 5.75 Å². The van der Waals surface area contributed by atoms with Gasteiger partial charge in [-0.1, -0.05) is 92.2 Å². The maximum Gasteiger partial charge on any atom is 0.122 e. The molecule has 2 atom stereocenters. The fourth-order valence-electron chi connectivity index (χ4n) is 3.74. The van der Waals surface area contributed by atoms with Crippen molar-refractivity contribution in [3.63, 3.8) is 0 Å². The smallest absolute Gasteiger partial charge is 0.122 e. The summed E-state index contributed by atoms with van der Waals surface area (Å²) < 4.78 is 0. The van der Waals surface area contributed by atoms with Gasteiger partial charge in [0, 0.05) is 0 Å². The van der Waals surface area contributed by atoms with Gasteiger partial charge in [-0.25, -0.2) is 0 Å². The first kappa shape index (κ1) is 18.3. The number of aromatic hydroxyl groups is 1.